The van der Waals surface area contributed by atoms with Crippen LogP contribution in [0.5, 0.6) is 23.0 Å². The van der Waals surface area contributed by atoms with E-state index in [-0.39, 0.29) is 160 Å². The van der Waals surface area contributed by atoms with Gasteiger partial charge in [-0.1, -0.05) is 121 Å². The Hall–Kier alpha value is -16.5. The van der Waals surface area contributed by atoms with E-state index in [9.17, 15) is 58.8 Å². The van der Waals surface area contributed by atoms with Gasteiger partial charge in [0.2, 0.25) is 0 Å². The van der Waals surface area contributed by atoms with Crippen molar-refractivity contribution in [1.29, 1.82) is 0 Å². The van der Waals surface area contributed by atoms with Gasteiger partial charge in [-0.2, -0.15) is 0 Å². The maximum absolute atomic E-state index is 15.5. The number of fused-ring (bicyclic) bond motifs is 8. The van der Waals surface area contributed by atoms with Crippen molar-refractivity contribution in [2.45, 2.75) is 158 Å². The van der Waals surface area contributed by atoms with E-state index in [1.165, 1.54) is 121 Å². The van der Waals surface area contributed by atoms with E-state index in [2.05, 4.69) is 21.3 Å². The maximum atomic E-state index is 15.5. The molecule has 13 rings (SSSR count). The number of amides is 4. The zero-order valence-corrected chi connectivity index (χ0v) is 76.7. The summed E-state index contributed by atoms with van der Waals surface area (Å²) in [5, 5.41) is 63.5. The van der Waals surface area contributed by atoms with Gasteiger partial charge in [-0.05, 0) is 271 Å². The first-order chi connectivity index (χ1) is 64.3. The quantitative estimate of drug-likeness (QED) is 0.0206. The lowest BCUT2D eigenvalue weighted by Crippen LogP contribution is -2.24. The van der Waals surface area contributed by atoms with E-state index in [1.807, 2.05) is 0 Å². The summed E-state index contributed by atoms with van der Waals surface area (Å²) in [7, 11) is 0. The van der Waals surface area contributed by atoms with Gasteiger partial charge in [-0.25, -0.2) is 38.4 Å². The number of esters is 8. The molecule has 0 unspecified atom stereocenters. The first kappa shape index (κ1) is 97.0. The molecular formula is C108H100N4O24. The molecule has 0 spiro atoms. The van der Waals surface area contributed by atoms with E-state index in [4.69, 9.17) is 37.9 Å². The number of carbonyl (C=O) groups excluding carboxylic acids is 12. The molecule has 4 amide bonds. The van der Waals surface area contributed by atoms with Gasteiger partial charge in [0.15, 0.2) is 0 Å². The zero-order chi connectivity index (χ0) is 97.8. The molecule has 0 atom stereocenters. The Labute approximate surface area is 783 Å². The third kappa shape index (κ3) is 26.0. The van der Waals surface area contributed by atoms with Gasteiger partial charge >= 0.3 is 47.8 Å². The molecule has 28 heteroatoms. The highest BCUT2D eigenvalue weighted by Crippen LogP contribution is 2.42. The highest BCUT2D eigenvalue weighted by atomic mass is 16.6. The molecule has 0 heterocycles. The van der Waals surface area contributed by atoms with Crippen molar-refractivity contribution < 1.29 is 116 Å². The summed E-state index contributed by atoms with van der Waals surface area (Å²) in [6, 6.07) is 59.9. The molecule has 8 N–H and O–H groups in total. The van der Waals surface area contributed by atoms with Crippen LogP contribution >= 0.6 is 0 Å². The Morgan fingerprint density at radius 1 is 0.221 bits per heavy atom. The molecule has 0 saturated carbocycles. The average Bonchev–Trinajstić information content (AvgIpc) is 0.769. The van der Waals surface area contributed by atoms with Crippen LogP contribution in [0.2, 0.25) is 0 Å². The summed E-state index contributed by atoms with van der Waals surface area (Å²) in [5.41, 5.74) is -6.20. The minimum absolute atomic E-state index is 0.140. The molecule has 28 nitrogen and oxygen atoms in total. The van der Waals surface area contributed by atoms with Crippen LogP contribution in [0.1, 0.15) is 274 Å². The van der Waals surface area contributed by atoms with Crippen LogP contribution in [0.4, 0.5) is 22.7 Å². The molecule has 8 bridgehead atoms. The number of hydrogen-bond acceptors (Lipinski definition) is 24. The predicted molar refractivity (Wildman–Crippen MR) is 504 cm³/mol. The standard InChI is InChI=1S/C108H100N4O24/c1-105(2,3)133-101(125)81-45-77(97(121)129-57-61-25-17-13-18-26-61)49-85(53-81)109-93(117)73-37-65-33-67-39-74(94(118)110-86-50-78(46-82(54-86)102(126)134-106(4,5)6)98(122)130-58-62-27-19-14-20-28-62)41-69(90(67)114)35-71-43-76(96(120)112-88-52-80(48-84(56-88)104(128)136-108(10,11)12)100(124)132-60-64-31-23-16-24-32-64)44-72(92(71)116)36-70-42-75(40-68(91(70)115)34-66(38-73)89(65)113)95(119)111-87-51-79(47-83(55-87)103(127)135-107(7,8)9)99(123)131-59-63-29-21-15-22-30-63/h13-32,37-56,113-116H,33-36,57-60H2,1-12H3,(H,109,117)(H,110,118)(H,111,119)(H,112,120). The Balaban J connectivity index is 0.985. The number of nitrogens with one attached hydrogen (secondary N) is 4. The molecular weight excluding hydrogens is 1740 g/mol. The monoisotopic (exact) mass is 1840 g/mol. The number of hydrogen-bond donors (Lipinski definition) is 8. The van der Waals surface area contributed by atoms with Gasteiger partial charge in [-0.15, -0.1) is 0 Å². The summed E-state index contributed by atoms with van der Waals surface area (Å²) < 4.78 is 45.7. The lowest BCUT2D eigenvalue weighted by atomic mass is 9.88. The summed E-state index contributed by atoms with van der Waals surface area (Å²) in [6.45, 7) is 18.8. The second-order valence-electron chi connectivity index (χ2n) is 36.5. The van der Waals surface area contributed by atoms with Crippen LogP contribution in [-0.4, -0.2) is 114 Å². The van der Waals surface area contributed by atoms with Gasteiger partial charge in [0.05, 0.1) is 44.5 Å². The molecule has 696 valence electrons. The van der Waals surface area contributed by atoms with E-state index >= 15 is 19.2 Å². The molecule has 0 aromatic heterocycles. The van der Waals surface area contributed by atoms with Crippen LogP contribution in [0, 0.1) is 0 Å². The van der Waals surface area contributed by atoms with Crippen molar-refractivity contribution in [3.8, 4) is 23.0 Å². The SMILES string of the molecule is CC(C)(C)OC(=O)c1cc(NC(=O)c2cc3c(O)c(c2)Cc2cc(C(=O)Nc4cc(C(=O)OCc5ccccc5)cc(C(=O)OC(C)(C)C)c4)cc(c2O)Cc2cc(C(=O)Nc4cc(C(=O)OCc5ccccc5)cc(C(=O)OC(C)(C)C)c4)cc(c2O)Cc2cc(C(=O)Nc4cc(C(=O)OCc5ccccc5)cc(C(=O)OC(C)(C)C)c4)cc(c2O)C3)cc(C(=O)OCc2ccccc2)c1. The van der Waals surface area contributed by atoms with Crippen molar-refractivity contribution in [3.05, 3.63) is 376 Å². The molecule has 0 fully saturated rings. The first-order valence-electron chi connectivity index (χ1n) is 43.4. The minimum atomic E-state index is -1.05. The van der Waals surface area contributed by atoms with Crippen molar-refractivity contribution in [2.24, 2.45) is 0 Å². The number of aromatic hydroxyl groups is 4. The minimum Gasteiger partial charge on any atom is -0.507 e. The predicted octanol–water partition coefficient (Wildman–Crippen LogP) is 19.4. The smallest absolute Gasteiger partial charge is 0.338 e. The highest BCUT2D eigenvalue weighted by Gasteiger charge is 2.32. The van der Waals surface area contributed by atoms with Gasteiger partial charge in [0, 0.05) is 70.7 Å². The summed E-state index contributed by atoms with van der Waals surface area (Å²) in [4.78, 5) is 174. The van der Waals surface area contributed by atoms with Crippen molar-refractivity contribution in [1.82, 2.24) is 0 Å². The number of phenols is 4. The fourth-order valence-electron chi connectivity index (χ4n) is 14.6. The molecule has 0 saturated heterocycles. The Bertz CT molecular complexity index is 5810. The lowest BCUT2D eigenvalue weighted by molar-refractivity contribution is 0.00568. The summed E-state index contributed by atoms with van der Waals surface area (Å²) in [6.07, 6.45) is -2.48. The topological polar surface area (TPSA) is 408 Å². The number of carbonyl (C=O) groups is 12. The lowest BCUT2D eigenvalue weighted by Gasteiger charge is -2.21. The number of rotatable bonds is 24. The number of benzene rings is 12. The van der Waals surface area contributed by atoms with Gasteiger partial charge in [-0.3, -0.25) is 19.2 Å². The van der Waals surface area contributed by atoms with Crippen LogP contribution in [0.15, 0.2) is 243 Å². The molecule has 12 aromatic rings. The third-order valence-corrected chi connectivity index (χ3v) is 20.7. The normalized spacial score (nSPS) is 11.9. The maximum Gasteiger partial charge on any atom is 0.338 e. The fourth-order valence-corrected chi connectivity index (χ4v) is 14.6. The Kier molecular flexibility index (Phi) is 29.3. The number of anilines is 4. The van der Waals surface area contributed by atoms with Gasteiger partial charge < -0.3 is 79.6 Å². The van der Waals surface area contributed by atoms with Crippen molar-refractivity contribution in [2.75, 3.05) is 21.3 Å². The number of ether oxygens (including phenoxy) is 8. The van der Waals surface area contributed by atoms with Crippen LogP contribution < -0.4 is 21.3 Å². The molecule has 1 aliphatic carbocycles. The first-order valence-corrected chi connectivity index (χ1v) is 43.4. The Morgan fingerprint density at radius 3 is 0.529 bits per heavy atom. The molecule has 136 heavy (non-hydrogen) atoms. The van der Waals surface area contributed by atoms with Crippen LogP contribution in [0.25, 0.3) is 0 Å². The zero-order valence-electron chi connectivity index (χ0n) is 76.7. The second-order valence-corrected chi connectivity index (χ2v) is 36.5. The average molecular weight is 1840 g/mol. The van der Waals surface area contributed by atoms with Gasteiger partial charge in [0.25, 0.3) is 23.6 Å². The van der Waals surface area contributed by atoms with Crippen molar-refractivity contribution in [3.63, 3.8) is 0 Å². The van der Waals surface area contributed by atoms with Gasteiger partial charge in [0.1, 0.15) is 71.8 Å². The van der Waals surface area contributed by atoms with E-state index in [1.54, 1.807) is 204 Å². The molecule has 0 radical (unpaired) electrons. The molecule has 0 aliphatic heterocycles. The van der Waals surface area contributed by atoms with E-state index in [0.717, 1.165) is 0 Å². The third-order valence-electron chi connectivity index (χ3n) is 20.7. The number of phenolic OH excluding ortho intramolecular Hbond substituents is 4. The fraction of sp³-hybridized carbons (Fsp3) is 0.222. The molecule has 12 aromatic carbocycles. The summed E-state index contributed by atoms with van der Waals surface area (Å²) >= 11 is 0. The van der Waals surface area contributed by atoms with E-state index < -0.39 is 142 Å². The summed E-state index contributed by atoms with van der Waals surface area (Å²) in [5.74, 6) is -13.4. The van der Waals surface area contributed by atoms with Crippen molar-refractivity contribution >= 4 is 94.1 Å². The highest BCUT2D eigenvalue weighted by molar-refractivity contribution is 6.11. The van der Waals surface area contributed by atoms with E-state index in [0.29, 0.717) is 22.3 Å². The van der Waals surface area contributed by atoms with Crippen LogP contribution in [-0.2, 0) is 90.0 Å². The Morgan fingerprint density at radius 2 is 0.375 bits per heavy atom. The largest absolute Gasteiger partial charge is 0.507 e. The van der Waals surface area contributed by atoms with Crippen LogP contribution in [0.3, 0.4) is 0 Å². The second kappa shape index (κ2) is 41.1. The molecule has 1 aliphatic rings.